The molecule has 0 spiro atoms. The highest BCUT2D eigenvalue weighted by Gasteiger charge is 2.23. The van der Waals surface area contributed by atoms with Crippen molar-refractivity contribution >= 4 is 23.4 Å². The van der Waals surface area contributed by atoms with Crippen LogP contribution in [0.3, 0.4) is 0 Å². The third-order valence-corrected chi connectivity index (χ3v) is 5.66. The lowest BCUT2D eigenvalue weighted by Crippen LogP contribution is -2.34. The molecule has 1 aliphatic carbocycles. The molecule has 3 heteroatoms. The molecule has 1 nitrogen and oxygen atoms in total. The molecule has 0 saturated heterocycles. The number of halogens is 1. The van der Waals surface area contributed by atoms with E-state index >= 15 is 0 Å². The van der Waals surface area contributed by atoms with Crippen molar-refractivity contribution in [3.8, 4) is 0 Å². The van der Waals surface area contributed by atoms with Crippen LogP contribution in [0.15, 0.2) is 23.1 Å². The van der Waals surface area contributed by atoms with E-state index in [1.807, 2.05) is 17.8 Å². The lowest BCUT2D eigenvalue weighted by molar-refractivity contribution is 0.388. The predicted molar refractivity (Wildman–Crippen MR) is 84.2 cm³/mol. The van der Waals surface area contributed by atoms with Gasteiger partial charge in [0, 0.05) is 22.0 Å². The summed E-state index contributed by atoms with van der Waals surface area (Å²) in [6.45, 7) is 0. The first-order valence-corrected chi connectivity index (χ1v) is 8.87. The lowest BCUT2D eigenvalue weighted by Gasteiger charge is -2.30. The molecule has 1 N–H and O–H groups in total. The van der Waals surface area contributed by atoms with Crippen LogP contribution in [0.1, 0.15) is 56.6 Å². The van der Waals surface area contributed by atoms with E-state index in [0.717, 1.165) is 5.02 Å². The van der Waals surface area contributed by atoms with E-state index in [0.29, 0.717) is 12.1 Å². The average molecular weight is 296 g/mol. The van der Waals surface area contributed by atoms with Gasteiger partial charge in [-0.3, -0.25) is 0 Å². The second kappa shape index (κ2) is 6.51. The van der Waals surface area contributed by atoms with Crippen LogP contribution in [0.4, 0.5) is 0 Å². The van der Waals surface area contributed by atoms with Gasteiger partial charge in [0.2, 0.25) is 0 Å². The Balaban J connectivity index is 1.73. The molecule has 19 heavy (non-hydrogen) atoms. The van der Waals surface area contributed by atoms with E-state index in [-0.39, 0.29) is 0 Å². The third-order valence-electron chi connectivity index (χ3n) is 4.30. The molecule has 1 unspecified atom stereocenters. The molecule has 1 aromatic rings. The minimum atomic E-state index is 0.512. The molecule has 104 valence electrons. The van der Waals surface area contributed by atoms with Crippen molar-refractivity contribution in [2.45, 2.75) is 61.9 Å². The van der Waals surface area contributed by atoms with Crippen LogP contribution in [0.25, 0.3) is 0 Å². The fraction of sp³-hybridized carbons (Fsp3) is 0.625. The Morgan fingerprint density at radius 2 is 1.84 bits per heavy atom. The zero-order chi connectivity index (χ0) is 13.1. The number of fused-ring (bicyclic) bond motifs is 1. The van der Waals surface area contributed by atoms with Crippen molar-refractivity contribution in [2.75, 3.05) is 5.75 Å². The number of nitrogens with one attached hydrogen (secondary N) is 1. The smallest absolute Gasteiger partial charge is 0.0410 e. The maximum absolute atomic E-state index is 6.17. The molecule has 0 bridgehead atoms. The summed E-state index contributed by atoms with van der Waals surface area (Å²) in [6, 6.07) is 7.59. The van der Waals surface area contributed by atoms with Gasteiger partial charge in [-0.2, -0.15) is 0 Å². The molecule has 1 fully saturated rings. The van der Waals surface area contributed by atoms with Gasteiger partial charge in [0.1, 0.15) is 0 Å². The quantitative estimate of drug-likeness (QED) is 0.754. The first kappa shape index (κ1) is 13.8. The second-order valence-corrected chi connectivity index (χ2v) is 7.30. The molecule has 1 saturated carbocycles. The Labute approximate surface area is 125 Å². The van der Waals surface area contributed by atoms with Crippen molar-refractivity contribution in [3.05, 3.63) is 28.8 Å². The molecule has 0 radical (unpaired) electrons. The largest absolute Gasteiger partial charge is 0.307 e. The highest BCUT2D eigenvalue weighted by atomic mass is 35.5. The lowest BCUT2D eigenvalue weighted by atomic mass is 10.0. The Morgan fingerprint density at radius 3 is 2.63 bits per heavy atom. The highest BCUT2D eigenvalue weighted by Crippen LogP contribution is 2.38. The van der Waals surface area contributed by atoms with Crippen molar-refractivity contribution in [2.24, 2.45) is 0 Å². The monoisotopic (exact) mass is 295 g/mol. The van der Waals surface area contributed by atoms with Crippen LogP contribution < -0.4 is 5.32 Å². The summed E-state index contributed by atoms with van der Waals surface area (Å²) < 4.78 is 0. The number of benzene rings is 1. The summed E-state index contributed by atoms with van der Waals surface area (Å²) in [5.41, 5.74) is 1.42. The molecule has 1 atom stereocenters. The summed E-state index contributed by atoms with van der Waals surface area (Å²) in [5, 5.41) is 4.78. The van der Waals surface area contributed by atoms with Crippen molar-refractivity contribution in [1.82, 2.24) is 5.32 Å². The summed E-state index contributed by atoms with van der Waals surface area (Å²) in [6.07, 6.45) is 9.54. The maximum Gasteiger partial charge on any atom is 0.0410 e. The van der Waals surface area contributed by atoms with Gasteiger partial charge in [0.25, 0.3) is 0 Å². The fourth-order valence-corrected chi connectivity index (χ4v) is 4.56. The van der Waals surface area contributed by atoms with E-state index in [4.69, 9.17) is 11.6 Å². The molecule has 0 amide bonds. The van der Waals surface area contributed by atoms with Gasteiger partial charge in [-0.15, -0.1) is 11.8 Å². The summed E-state index contributed by atoms with van der Waals surface area (Å²) in [5.74, 6) is 1.22. The number of thioether (sulfide) groups is 1. The summed E-state index contributed by atoms with van der Waals surface area (Å²) >= 11 is 8.14. The van der Waals surface area contributed by atoms with Crippen molar-refractivity contribution in [3.63, 3.8) is 0 Å². The predicted octanol–water partition coefficient (Wildman–Crippen LogP) is 5.19. The molecule has 1 aliphatic heterocycles. The average Bonchev–Trinajstić information content (AvgIpc) is 2.68. The molecular weight excluding hydrogens is 274 g/mol. The summed E-state index contributed by atoms with van der Waals surface area (Å²) in [7, 11) is 0. The molecule has 3 rings (SSSR count). The summed E-state index contributed by atoms with van der Waals surface area (Å²) in [4.78, 5) is 1.42. The van der Waals surface area contributed by atoms with Gasteiger partial charge in [-0.05, 0) is 48.8 Å². The van der Waals surface area contributed by atoms with Crippen LogP contribution in [0.5, 0.6) is 0 Å². The van der Waals surface area contributed by atoms with Crippen LogP contribution in [0.2, 0.25) is 5.02 Å². The van der Waals surface area contributed by atoms with E-state index in [2.05, 4.69) is 17.4 Å². The van der Waals surface area contributed by atoms with Crippen LogP contribution in [-0.4, -0.2) is 11.8 Å². The third kappa shape index (κ3) is 3.48. The van der Waals surface area contributed by atoms with Crippen LogP contribution in [-0.2, 0) is 0 Å². The van der Waals surface area contributed by atoms with E-state index < -0.39 is 0 Å². The second-order valence-electron chi connectivity index (χ2n) is 5.73. The van der Waals surface area contributed by atoms with E-state index in [1.54, 1.807) is 0 Å². The fourth-order valence-electron chi connectivity index (χ4n) is 3.27. The molecule has 0 aromatic heterocycles. The van der Waals surface area contributed by atoms with E-state index in [9.17, 15) is 0 Å². The van der Waals surface area contributed by atoms with Gasteiger partial charge in [0.15, 0.2) is 0 Å². The van der Waals surface area contributed by atoms with Crippen LogP contribution >= 0.6 is 23.4 Å². The molecule has 2 aliphatic rings. The Morgan fingerprint density at radius 1 is 1.05 bits per heavy atom. The molecule has 1 heterocycles. The molecular formula is C16H22ClNS. The highest BCUT2D eigenvalue weighted by molar-refractivity contribution is 7.99. The van der Waals surface area contributed by atoms with Gasteiger partial charge >= 0.3 is 0 Å². The Hall–Kier alpha value is -0.180. The van der Waals surface area contributed by atoms with Crippen molar-refractivity contribution in [1.29, 1.82) is 0 Å². The number of hydrogen-bond donors (Lipinski definition) is 1. The standard InChI is InChI=1S/C16H22ClNS/c17-12-7-8-16-14(11-12)15(9-10-19-16)18-13-5-3-1-2-4-6-13/h7-8,11,13,15,18H,1-6,9-10H2. The minimum absolute atomic E-state index is 0.512. The van der Waals surface area contributed by atoms with Gasteiger partial charge < -0.3 is 5.32 Å². The van der Waals surface area contributed by atoms with Gasteiger partial charge in [-0.1, -0.05) is 37.3 Å². The Bertz CT molecular complexity index is 427. The number of hydrogen-bond acceptors (Lipinski definition) is 2. The first-order chi connectivity index (χ1) is 9.33. The minimum Gasteiger partial charge on any atom is -0.307 e. The van der Waals surface area contributed by atoms with Gasteiger partial charge in [-0.25, -0.2) is 0 Å². The molecule has 1 aromatic carbocycles. The van der Waals surface area contributed by atoms with Crippen molar-refractivity contribution < 1.29 is 0 Å². The van der Waals surface area contributed by atoms with Crippen LogP contribution in [0, 0.1) is 0 Å². The number of rotatable bonds is 2. The first-order valence-electron chi connectivity index (χ1n) is 7.51. The topological polar surface area (TPSA) is 12.0 Å². The zero-order valence-corrected chi connectivity index (χ0v) is 12.9. The van der Waals surface area contributed by atoms with E-state index in [1.165, 1.54) is 61.2 Å². The Kier molecular flexibility index (Phi) is 4.73. The van der Waals surface area contributed by atoms with Gasteiger partial charge in [0.05, 0.1) is 0 Å². The zero-order valence-electron chi connectivity index (χ0n) is 11.3. The maximum atomic E-state index is 6.17. The SMILES string of the molecule is Clc1ccc2c(c1)C(NC1CCCCCC1)CCS2. The normalized spacial score (nSPS) is 24.8.